The molecule has 0 radical (unpaired) electrons. The Labute approximate surface area is 376 Å². The summed E-state index contributed by atoms with van der Waals surface area (Å²) in [5, 5.41) is 25.3. The Balaban J connectivity index is 0.000000650. The predicted octanol–water partition coefficient (Wildman–Crippen LogP) is 7.26. The quantitative estimate of drug-likeness (QED) is 0.0417. The highest BCUT2D eigenvalue weighted by Crippen LogP contribution is 2.32. The van der Waals surface area contributed by atoms with Crippen molar-refractivity contribution in [3.8, 4) is 0 Å². The van der Waals surface area contributed by atoms with Gasteiger partial charge in [-0.15, -0.1) is 0 Å². The Bertz CT molecular complexity index is 1740. The van der Waals surface area contributed by atoms with Crippen LogP contribution in [0, 0.1) is 11.6 Å². The number of benzene rings is 2. The number of carbonyl (C=O) groups excluding carboxylic acids is 3. The number of carboxylic acid groups (broad SMARTS) is 2. The van der Waals surface area contributed by atoms with Crippen molar-refractivity contribution in [3.63, 3.8) is 0 Å². The molecule has 2 rings (SSSR count). The fourth-order valence-electron chi connectivity index (χ4n) is 6.61. The maximum atomic E-state index is 13.5. The van der Waals surface area contributed by atoms with Crippen LogP contribution in [-0.2, 0) is 54.2 Å². The summed E-state index contributed by atoms with van der Waals surface area (Å²) in [7, 11) is 9.37. The van der Waals surface area contributed by atoms with Crippen molar-refractivity contribution in [2.45, 2.75) is 128 Å². The lowest BCUT2D eigenvalue weighted by Crippen LogP contribution is -2.50. The van der Waals surface area contributed by atoms with Crippen LogP contribution in [-0.4, -0.2) is 112 Å². The van der Waals surface area contributed by atoms with E-state index in [1.54, 1.807) is 0 Å². The van der Waals surface area contributed by atoms with Gasteiger partial charge in [-0.05, 0) is 75.2 Å². The van der Waals surface area contributed by atoms with Crippen molar-refractivity contribution >= 4 is 23.8 Å². The van der Waals surface area contributed by atoms with Gasteiger partial charge in [0.25, 0.3) is 0 Å². The van der Waals surface area contributed by atoms with Crippen molar-refractivity contribution in [1.82, 2.24) is 15.5 Å². The molecule has 0 aliphatic heterocycles. The van der Waals surface area contributed by atoms with Gasteiger partial charge in [0.15, 0.2) is 0 Å². The van der Waals surface area contributed by atoms with Crippen LogP contribution in [0.15, 0.2) is 36.4 Å². The van der Waals surface area contributed by atoms with Crippen LogP contribution in [0.2, 0.25) is 0 Å². The summed E-state index contributed by atoms with van der Waals surface area (Å²) in [6.45, 7) is 1.83. The molecular formula is C45H66F8N4O8. The smallest absolute Gasteiger partial charge is 0.419 e. The number of unbranched alkanes of at least 4 members (excludes halogenated alkanes) is 8. The number of aliphatic carboxylic acids is 2. The van der Waals surface area contributed by atoms with Gasteiger partial charge in [0, 0.05) is 45.0 Å². The monoisotopic (exact) mass is 942 g/mol. The van der Waals surface area contributed by atoms with Gasteiger partial charge in [-0.1, -0.05) is 50.7 Å². The summed E-state index contributed by atoms with van der Waals surface area (Å²) >= 11 is 0. The van der Waals surface area contributed by atoms with Crippen molar-refractivity contribution in [1.29, 1.82) is 0 Å². The number of carbonyl (C=O) groups is 4. The van der Waals surface area contributed by atoms with Gasteiger partial charge in [0.1, 0.15) is 11.6 Å². The molecule has 0 aromatic heterocycles. The zero-order chi connectivity index (χ0) is 49.2. The third-order valence-electron chi connectivity index (χ3n) is 9.52. The molecule has 2 aromatic rings. The molecule has 20 heteroatoms. The largest absolute Gasteiger partial charge is 0.550 e. The van der Waals surface area contributed by atoms with Crippen molar-refractivity contribution in [3.05, 3.63) is 70.3 Å². The Hall–Kier alpha value is -4.40. The Kier molecular flexibility index (Phi) is 27.1. The number of hydrogen-bond acceptors (Lipinski definition) is 8. The van der Waals surface area contributed by atoms with Gasteiger partial charge in [-0.25, -0.2) is 8.78 Å². The molecule has 2 amide bonds. The second-order valence-corrected chi connectivity index (χ2v) is 17.2. The molecule has 65 heavy (non-hydrogen) atoms. The van der Waals surface area contributed by atoms with Crippen LogP contribution in [0.25, 0.3) is 0 Å². The number of rotatable bonds is 30. The van der Waals surface area contributed by atoms with Crippen molar-refractivity contribution < 1.29 is 78.5 Å². The SMILES string of the molecule is CN(C)C[C@@H](CC(=O)O)NC(=O)CCCCCCCOCc1ccc(C(F)(F)F)c(F)c1.C[N+](C)(C)C[C@@H](CC(=O)[O-])NC(=O)CCCCCCCOCc1ccc(C(F)(F)F)c(F)c1. The van der Waals surface area contributed by atoms with Crippen LogP contribution in [0.1, 0.15) is 112 Å². The summed E-state index contributed by atoms with van der Waals surface area (Å²) in [6, 6.07) is 4.62. The zero-order valence-corrected chi connectivity index (χ0v) is 38.0. The fourth-order valence-corrected chi connectivity index (χ4v) is 6.61. The lowest BCUT2D eigenvalue weighted by molar-refractivity contribution is -0.871. The lowest BCUT2D eigenvalue weighted by atomic mass is 10.1. The van der Waals surface area contributed by atoms with E-state index < -0.39 is 59.1 Å². The molecular weight excluding hydrogens is 876 g/mol. The molecule has 12 nitrogen and oxygen atoms in total. The highest BCUT2D eigenvalue weighted by atomic mass is 19.4. The first-order valence-corrected chi connectivity index (χ1v) is 21.6. The van der Waals surface area contributed by atoms with E-state index in [1.807, 2.05) is 40.1 Å². The number of likely N-dealkylation sites (N-methyl/N-ethyl adjacent to an activating group) is 2. The number of quaternary nitrogens is 1. The van der Waals surface area contributed by atoms with E-state index in [0.717, 1.165) is 63.5 Å². The van der Waals surface area contributed by atoms with Crippen LogP contribution >= 0.6 is 0 Å². The third-order valence-corrected chi connectivity index (χ3v) is 9.52. The molecule has 2 aromatic carbocycles. The number of hydrogen-bond donors (Lipinski definition) is 3. The number of alkyl halides is 6. The number of amides is 2. The zero-order valence-electron chi connectivity index (χ0n) is 38.0. The minimum atomic E-state index is -4.71. The van der Waals surface area contributed by atoms with E-state index >= 15 is 0 Å². The first-order chi connectivity index (χ1) is 30.3. The predicted molar refractivity (Wildman–Crippen MR) is 225 cm³/mol. The van der Waals surface area contributed by atoms with Crippen LogP contribution in [0.5, 0.6) is 0 Å². The molecule has 3 N–H and O–H groups in total. The third kappa shape index (κ3) is 29.0. The average Bonchev–Trinajstić information content (AvgIpc) is 3.14. The topological polar surface area (TPSA) is 157 Å². The first kappa shape index (κ1) is 58.6. The van der Waals surface area contributed by atoms with E-state index in [9.17, 15) is 59.4 Å². The number of ether oxygens (including phenoxy) is 2. The second-order valence-electron chi connectivity index (χ2n) is 17.2. The maximum absolute atomic E-state index is 13.5. The van der Waals surface area contributed by atoms with Crippen molar-refractivity contribution in [2.75, 3.05) is 61.5 Å². The molecule has 2 atom stereocenters. The number of nitrogens with one attached hydrogen (secondary N) is 2. The van der Waals surface area contributed by atoms with Gasteiger partial charge in [0.2, 0.25) is 11.8 Å². The first-order valence-electron chi connectivity index (χ1n) is 21.6. The van der Waals surface area contributed by atoms with E-state index in [4.69, 9.17) is 14.6 Å². The number of halogens is 8. The molecule has 0 unspecified atom stereocenters. The average molecular weight is 943 g/mol. The molecule has 0 bridgehead atoms. The minimum absolute atomic E-state index is 0.0372. The molecule has 370 valence electrons. The fraction of sp³-hybridized carbons (Fsp3) is 0.644. The maximum Gasteiger partial charge on any atom is 0.419 e. The normalized spacial score (nSPS) is 12.9. The molecule has 0 fully saturated rings. The van der Waals surface area contributed by atoms with Crippen molar-refractivity contribution in [2.24, 2.45) is 0 Å². The van der Waals surface area contributed by atoms with Gasteiger partial charge in [-0.2, -0.15) is 26.3 Å². The summed E-state index contributed by atoms with van der Waals surface area (Å²) in [4.78, 5) is 47.7. The molecule has 0 spiro atoms. The lowest BCUT2D eigenvalue weighted by Gasteiger charge is -2.30. The summed E-state index contributed by atoms with van der Waals surface area (Å²) in [6.07, 6.45) is -1.08. The molecule has 0 aliphatic carbocycles. The molecule has 0 aliphatic rings. The minimum Gasteiger partial charge on any atom is -0.550 e. The van der Waals surface area contributed by atoms with E-state index in [1.165, 1.54) is 12.1 Å². The number of nitrogens with zero attached hydrogens (tertiary/aromatic N) is 2. The standard InChI is InChI=1S/C23H34F4N2O4.C22H32F4N2O4/c1-29(2,3)15-18(14-22(31)32)28-21(30)9-7-5-4-6-8-12-33-16-17-10-11-19(20(24)13-17)23(25,26)27;1-28(2)14-17(13-21(30)31)27-20(29)8-6-4-3-5-7-11-32-15-16-9-10-18(19(23)12-16)22(24,25)26/h10-11,13,18H,4-9,12,14-16H2,1-3H3,(H-,28,30,31,32);9-10,12,17H,3-8,11,13-15H2,1-2H3,(H,27,29)(H,30,31)/t18-;17-/m11/s1. The highest BCUT2D eigenvalue weighted by Gasteiger charge is 2.34. The number of carboxylic acids is 2. The van der Waals surface area contributed by atoms with Crippen LogP contribution in [0.3, 0.4) is 0 Å². The van der Waals surface area contributed by atoms with Gasteiger partial charge >= 0.3 is 18.3 Å². The van der Waals surface area contributed by atoms with E-state index in [0.29, 0.717) is 79.7 Å². The summed E-state index contributed by atoms with van der Waals surface area (Å²) < 4.78 is 114. The molecule has 0 saturated carbocycles. The van der Waals surface area contributed by atoms with Gasteiger partial charge < -0.3 is 44.5 Å². The second kappa shape index (κ2) is 30.0. The molecule has 0 heterocycles. The van der Waals surface area contributed by atoms with Gasteiger partial charge in [-0.3, -0.25) is 14.4 Å². The summed E-state index contributed by atoms with van der Waals surface area (Å²) in [5.74, 6) is -5.11. The highest BCUT2D eigenvalue weighted by molar-refractivity contribution is 5.77. The Morgan fingerprint density at radius 2 is 1.06 bits per heavy atom. The van der Waals surface area contributed by atoms with Gasteiger partial charge in [0.05, 0.1) is 70.5 Å². The molecule has 0 saturated heterocycles. The van der Waals surface area contributed by atoms with E-state index in [2.05, 4.69) is 10.6 Å². The van der Waals surface area contributed by atoms with Crippen LogP contribution < -0.4 is 15.7 Å². The summed E-state index contributed by atoms with van der Waals surface area (Å²) in [5.41, 5.74) is -1.89. The van der Waals surface area contributed by atoms with E-state index in [-0.39, 0.29) is 37.9 Å². The Morgan fingerprint density at radius 3 is 1.42 bits per heavy atom. The Morgan fingerprint density at radius 1 is 0.662 bits per heavy atom. The van der Waals surface area contributed by atoms with Crippen LogP contribution in [0.4, 0.5) is 35.1 Å².